The SMILES string of the molecule is O=C(O)[C@@H]1C[C@@H](O)CN1C(=O)NCc1cccc(Cl)c1. The topological polar surface area (TPSA) is 89.9 Å². The predicted molar refractivity (Wildman–Crippen MR) is 72.4 cm³/mol. The number of urea groups is 1. The molecule has 1 heterocycles. The molecular weight excluding hydrogens is 284 g/mol. The highest BCUT2D eigenvalue weighted by Crippen LogP contribution is 2.18. The second-order valence-electron chi connectivity index (χ2n) is 4.68. The molecule has 0 radical (unpaired) electrons. The van der Waals surface area contributed by atoms with Gasteiger partial charge in [0.15, 0.2) is 0 Å². The fraction of sp³-hybridized carbons (Fsp3) is 0.385. The third-order valence-corrected chi connectivity index (χ3v) is 3.39. The van der Waals surface area contributed by atoms with Gasteiger partial charge < -0.3 is 20.4 Å². The molecule has 0 unspecified atom stereocenters. The van der Waals surface area contributed by atoms with Crippen LogP contribution in [0.1, 0.15) is 12.0 Å². The fourth-order valence-electron chi connectivity index (χ4n) is 2.20. The van der Waals surface area contributed by atoms with Gasteiger partial charge in [0.2, 0.25) is 0 Å². The van der Waals surface area contributed by atoms with Crippen molar-refractivity contribution in [3.8, 4) is 0 Å². The summed E-state index contributed by atoms with van der Waals surface area (Å²) in [7, 11) is 0. The second-order valence-corrected chi connectivity index (χ2v) is 5.12. The van der Waals surface area contributed by atoms with Crippen molar-refractivity contribution in [1.29, 1.82) is 0 Å². The lowest BCUT2D eigenvalue weighted by atomic mass is 10.2. The minimum Gasteiger partial charge on any atom is -0.480 e. The number of hydrogen-bond donors (Lipinski definition) is 3. The van der Waals surface area contributed by atoms with E-state index in [1.165, 1.54) is 0 Å². The van der Waals surface area contributed by atoms with Crippen LogP contribution < -0.4 is 5.32 Å². The molecule has 0 aromatic heterocycles. The molecule has 1 aromatic carbocycles. The Labute approximate surface area is 121 Å². The monoisotopic (exact) mass is 298 g/mol. The molecule has 1 aromatic rings. The third-order valence-electron chi connectivity index (χ3n) is 3.16. The van der Waals surface area contributed by atoms with E-state index in [-0.39, 0.29) is 19.5 Å². The Bertz CT molecular complexity index is 523. The van der Waals surface area contributed by atoms with Crippen LogP contribution >= 0.6 is 11.6 Å². The Balaban J connectivity index is 1.96. The number of aliphatic hydroxyl groups is 1. The first-order chi connectivity index (χ1) is 9.47. The van der Waals surface area contributed by atoms with Crippen molar-refractivity contribution < 1.29 is 19.8 Å². The molecular formula is C13H15ClN2O4. The Morgan fingerprint density at radius 1 is 1.45 bits per heavy atom. The van der Waals surface area contributed by atoms with E-state index in [4.69, 9.17) is 16.7 Å². The molecule has 20 heavy (non-hydrogen) atoms. The number of carboxylic acids is 1. The Morgan fingerprint density at radius 2 is 2.20 bits per heavy atom. The van der Waals surface area contributed by atoms with Crippen LogP contribution in [0.5, 0.6) is 0 Å². The summed E-state index contributed by atoms with van der Waals surface area (Å²) in [4.78, 5) is 24.1. The van der Waals surface area contributed by atoms with E-state index >= 15 is 0 Å². The average Bonchev–Trinajstić information content (AvgIpc) is 2.78. The van der Waals surface area contributed by atoms with Gasteiger partial charge in [-0.2, -0.15) is 0 Å². The lowest BCUT2D eigenvalue weighted by Crippen LogP contribution is -2.45. The maximum atomic E-state index is 12.0. The molecule has 2 atom stereocenters. The molecule has 3 N–H and O–H groups in total. The summed E-state index contributed by atoms with van der Waals surface area (Å²) in [6.07, 6.45) is -0.743. The standard InChI is InChI=1S/C13H15ClN2O4/c14-9-3-1-2-8(4-9)6-15-13(20)16-7-10(17)5-11(16)12(18)19/h1-4,10-11,17H,5-7H2,(H,15,20)(H,18,19)/t10-,11+/m1/s1. The van der Waals surface area contributed by atoms with Gasteiger partial charge in [0.25, 0.3) is 0 Å². The summed E-state index contributed by atoms with van der Waals surface area (Å²) in [6, 6.07) is 5.53. The Kier molecular flexibility index (Phi) is 4.46. The number of aliphatic hydroxyl groups excluding tert-OH is 1. The number of hydrogen-bond acceptors (Lipinski definition) is 3. The Morgan fingerprint density at radius 3 is 2.85 bits per heavy atom. The molecule has 0 spiro atoms. The van der Waals surface area contributed by atoms with E-state index in [2.05, 4.69) is 5.32 Å². The molecule has 0 aliphatic carbocycles. The number of amides is 2. The number of carboxylic acid groups (broad SMARTS) is 1. The van der Waals surface area contributed by atoms with Crippen LogP contribution in [-0.4, -0.2) is 45.8 Å². The predicted octanol–water partition coefficient (Wildman–Crippen LogP) is 1.07. The molecule has 1 saturated heterocycles. The number of carbonyl (C=O) groups is 2. The summed E-state index contributed by atoms with van der Waals surface area (Å²) in [5.74, 6) is -1.11. The highest BCUT2D eigenvalue weighted by atomic mass is 35.5. The number of carbonyl (C=O) groups excluding carboxylic acids is 1. The van der Waals surface area contributed by atoms with Crippen molar-refractivity contribution in [3.63, 3.8) is 0 Å². The van der Waals surface area contributed by atoms with Crippen LogP contribution in [0, 0.1) is 0 Å². The molecule has 2 amide bonds. The van der Waals surface area contributed by atoms with Crippen molar-refractivity contribution in [3.05, 3.63) is 34.9 Å². The zero-order chi connectivity index (χ0) is 14.7. The van der Waals surface area contributed by atoms with Gasteiger partial charge in [0, 0.05) is 24.5 Å². The van der Waals surface area contributed by atoms with Crippen molar-refractivity contribution in [1.82, 2.24) is 10.2 Å². The van der Waals surface area contributed by atoms with Gasteiger partial charge in [-0.3, -0.25) is 0 Å². The average molecular weight is 299 g/mol. The third kappa shape index (κ3) is 3.40. The molecule has 1 aliphatic heterocycles. The lowest BCUT2D eigenvalue weighted by molar-refractivity contribution is -0.141. The van der Waals surface area contributed by atoms with Gasteiger partial charge in [-0.1, -0.05) is 23.7 Å². The highest BCUT2D eigenvalue weighted by Gasteiger charge is 2.38. The van der Waals surface area contributed by atoms with Crippen LogP contribution in [0.25, 0.3) is 0 Å². The number of likely N-dealkylation sites (tertiary alicyclic amines) is 1. The van der Waals surface area contributed by atoms with Gasteiger partial charge in [-0.25, -0.2) is 9.59 Å². The first-order valence-electron chi connectivity index (χ1n) is 6.17. The molecule has 0 saturated carbocycles. The number of β-amino-alcohol motifs (C(OH)–C–C–N with tert-alkyl or cyclic N) is 1. The molecule has 2 rings (SSSR count). The second kappa shape index (κ2) is 6.11. The fourth-order valence-corrected chi connectivity index (χ4v) is 2.41. The summed E-state index contributed by atoms with van der Waals surface area (Å²) >= 11 is 5.84. The van der Waals surface area contributed by atoms with Gasteiger partial charge in [0.05, 0.1) is 6.10 Å². The normalized spacial score (nSPS) is 21.8. The number of halogens is 1. The molecule has 6 nitrogen and oxygen atoms in total. The molecule has 0 bridgehead atoms. The van der Waals surface area contributed by atoms with E-state index in [1.54, 1.807) is 24.3 Å². The van der Waals surface area contributed by atoms with E-state index in [9.17, 15) is 14.7 Å². The maximum Gasteiger partial charge on any atom is 0.326 e. The zero-order valence-corrected chi connectivity index (χ0v) is 11.4. The van der Waals surface area contributed by atoms with Crippen LogP contribution in [0.3, 0.4) is 0 Å². The van der Waals surface area contributed by atoms with Crippen LogP contribution in [0.2, 0.25) is 5.02 Å². The highest BCUT2D eigenvalue weighted by molar-refractivity contribution is 6.30. The van der Waals surface area contributed by atoms with E-state index in [0.717, 1.165) is 10.5 Å². The summed E-state index contributed by atoms with van der Waals surface area (Å²) in [6.45, 7) is 0.274. The smallest absolute Gasteiger partial charge is 0.326 e. The molecule has 1 aliphatic rings. The zero-order valence-electron chi connectivity index (χ0n) is 10.6. The number of nitrogens with zero attached hydrogens (tertiary/aromatic N) is 1. The lowest BCUT2D eigenvalue weighted by Gasteiger charge is -2.21. The van der Waals surface area contributed by atoms with E-state index in [1.807, 2.05) is 0 Å². The summed E-state index contributed by atoms with van der Waals surface area (Å²) in [5, 5.41) is 21.7. The van der Waals surface area contributed by atoms with Crippen LogP contribution in [0.15, 0.2) is 24.3 Å². The van der Waals surface area contributed by atoms with E-state index < -0.39 is 24.1 Å². The first kappa shape index (κ1) is 14.6. The minimum absolute atomic E-state index is 0.0261. The largest absolute Gasteiger partial charge is 0.480 e. The van der Waals surface area contributed by atoms with Crippen LogP contribution in [0.4, 0.5) is 4.79 Å². The molecule has 7 heteroatoms. The van der Waals surface area contributed by atoms with Crippen LogP contribution in [-0.2, 0) is 11.3 Å². The van der Waals surface area contributed by atoms with Crippen molar-refractivity contribution in [2.24, 2.45) is 0 Å². The number of benzene rings is 1. The van der Waals surface area contributed by atoms with Gasteiger partial charge >= 0.3 is 12.0 Å². The molecule has 1 fully saturated rings. The number of nitrogens with one attached hydrogen (secondary N) is 1. The summed E-state index contributed by atoms with van der Waals surface area (Å²) < 4.78 is 0. The quantitative estimate of drug-likeness (QED) is 0.778. The van der Waals surface area contributed by atoms with E-state index in [0.29, 0.717) is 5.02 Å². The minimum atomic E-state index is -1.11. The maximum absolute atomic E-state index is 12.0. The first-order valence-corrected chi connectivity index (χ1v) is 6.55. The van der Waals surface area contributed by atoms with Crippen molar-refractivity contribution in [2.45, 2.75) is 25.1 Å². The van der Waals surface area contributed by atoms with Gasteiger partial charge in [-0.15, -0.1) is 0 Å². The summed E-state index contributed by atoms with van der Waals surface area (Å²) in [5.41, 5.74) is 0.817. The van der Waals surface area contributed by atoms with Gasteiger partial charge in [0.1, 0.15) is 6.04 Å². The van der Waals surface area contributed by atoms with Gasteiger partial charge in [-0.05, 0) is 17.7 Å². The Hall–Kier alpha value is -1.79. The number of aliphatic carboxylic acids is 1. The molecule has 108 valence electrons. The number of rotatable bonds is 3. The van der Waals surface area contributed by atoms with Crippen molar-refractivity contribution >= 4 is 23.6 Å². The van der Waals surface area contributed by atoms with Crippen molar-refractivity contribution in [2.75, 3.05) is 6.54 Å².